The van der Waals surface area contributed by atoms with E-state index < -0.39 is 11.9 Å². The Labute approximate surface area is 167 Å². The number of unbranched alkanes of at least 4 members (excludes halogenated alkanes) is 14. The molecule has 0 aliphatic rings. The molecule has 0 aromatic carbocycles. The molecule has 27 heavy (non-hydrogen) atoms. The van der Waals surface area contributed by atoms with E-state index in [-0.39, 0.29) is 12.4 Å². The van der Waals surface area contributed by atoms with Crippen LogP contribution in [0.5, 0.6) is 0 Å². The van der Waals surface area contributed by atoms with Gasteiger partial charge in [-0.25, -0.2) is 4.79 Å². The fourth-order valence-electron chi connectivity index (χ4n) is 3.08. The second-order valence-electron chi connectivity index (χ2n) is 7.32. The highest BCUT2D eigenvalue weighted by molar-refractivity contribution is 5.88. The minimum absolute atomic E-state index is 0.220. The molecule has 0 rings (SSSR count). The summed E-state index contributed by atoms with van der Waals surface area (Å²) in [6.45, 7) is 7.62. The summed E-state index contributed by atoms with van der Waals surface area (Å²) in [7, 11) is 0. The van der Waals surface area contributed by atoms with Crippen LogP contribution in [0.2, 0.25) is 0 Å². The third-order valence-electron chi connectivity index (χ3n) is 4.72. The van der Waals surface area contributed by atoms with E-state index in [1.165, 1.54) is 77.0 Å². The molecule has 0 N–H and O–H groups in total. The zero-order valence-electron chi connectivity index (χ0n) is 17.9. The summed E-state index contributed by atoms with van der Waals surface area (Å²) in [5.74, 6) is -1.28. The second kappa shape index (κ2) is 19.4. The first-order valence-corrected chi connectivity index (χ1v) is 11.2. The van der Waals surface area contributed by atoms with Crippen molar-refractivity contribution in [2.75, 3.05) is 6.61 Å². The molecule has 0 aliphatic carbocycles. The van der Waals surface area contributed by atoms with Crippen molar-refractivity contribution in [3.63, 3.8) is 0 Å². The van der Waals surface area contributed by atoms with Crippen LogP contribution in [0.25, 0.3) is 0 Å². The molecule has 0 radical (unpaired) electrons. The third-order valence-corrected chi connectivity index (χ3v) is 4.72. The lowest BCUT2D eigenvalue weighted by Crippen LogP contribution is -2.13. The Balaban J connectivity index is 3.30. The minimum atomic E-state index is -0.664. The Kier molecular flexibility index (Phi) is 18.5. The first-order valence-electron chi connectivity index (χ1n) is 11.2. The molecule has 0 heterocycles. The summed E-state index contributed by atoms with van der Waals surface area (Å²) in [5, 5.41) is 0. The molecule has 0 atom stereocenters. The minimum Gasteiger partial charge on any atom is -0.460 e. The van der Waals surface area contributed by atoms with E-state index in [1.54, 1.807) is 6.92 Å². The average molecular weight is 383 g/mol. The molecule has 0 aromatic rings. The molecule has 0 saturated carbocycles. The van der Waals surface area contributed by atoms with Crippen molar-refractivity contribution in [2.45, 2.75) is 117 Å². The lowest BCUT2D eigenvalue weighted by atomic mass is 10.0. The summed E-state index contributed by atoms with van der Waals surface area (Å²) in [4.78, 5) is 22.9. The largest absolute Gasteiger partial charge is 0.460 e. The fourth-order valence-corrected chi connectivity index (χ4v) is 3.08. The number of rotatable bonds is 19. The lowest BCUT2D eigenvalue weighted by Gasteiger charge is -2.06. The monoisotopic (exact) mass is 382 g/mol. The van der Waals surface area contributed by atoms with E-state index >= 15 is 0 Å². The molecule has 158 valence electrons. The van der Waals surface area contributed by atoms with Crippen molar-refractivity contribution in [1.29, 1.82) is 0 Å². The molecule has 0 bridgehead atoms. The first-order chi connectivity index (χ1) is 13.1. The predicted molar refractivity (Wildman–Crippen MR) is 111 cm³/mol. The van der Waals surface area contributed by atoms with Crippen LogP contribution in [-0.2, 0) is 19.1 Å². The Hall–Kier alpha value is -1.32. The summed E-state index contributed by atoms with van der Waals surface area (Å²) in [6.07, 6.45) is 19.7. The van der Waals surface area contributed by atoms with Crippen LogP contribution >= 0.6 is 0 Å². The highest BCUT2D eigenvalue weighted by atomic mass is 16.6. The standard InChI is InChI=1S/C23H42O4/c1-4-6-7-8-9-10-11-12-13-14-15-16-17-18-19-20-22(24)27-21(3)23(25)26-5-2/h3-20H2,1-2H3. The number of hydrogen-bond donors (Lipinski definition) is 0. The van der Waals surface area contributed by atoms with Crippen molar-refractivity contribution in [3.05, 3.63) is 12.3 Å². The van der Waals surface area contributed by atoms with Crippen LogP contribution in [-0.4, -0.2) is 18.5 Å². The van der Waals surface area contributed by atoms with Crippen molar-refractivity contribution in [3.8, 4) is 0 Å². The van der Waals surface area contributed by atoms with Gasteiger partial charge in [0.05, 0.1) is 6.61 Å². The van der Waals surface area contributed by atoms with Gasteiger partial charge in [0.25, 0.3) is 0 Å². The van der Waals surface area contributed by atoms with Gasteiger partial charge < -0.3 is 9.47 Å². The zero-order chi connectivity index (χ0) is 20.2. The molecule has 0 aliphatic heterocycles. The normalized spacial score (nSPS) is 10.6. The quantitative estimate of drug-likeness (QED) is 0.106. The molecule has 0 spiro atoms. The average Bonchev–Trinajstić information content (AvgIpc) is 2.65. The van der Waals surface area contributed by atoms with Gasteiger partial charge in [0, 0.05) is 6.42 Å². The Morgan fingerprint density at radius 2 is 1.07 bits per heavy atom. The number of carbonyl (C=O) groups excluding carboxylic acids is 2. The van der Waals surface area contributed by atoms with E-state index in [2.05, 4.69) is 13.5 Å². The summed E-state index contributed by atoms with van der Waals surface area (Å²) < 4.78 is 9.60. The van der Waals surface area contributed by atoms with Gasteiger partial charge >= 0.3 is 11.9 Å². The highest BCUT2D eigenvalue weighted by Gasteiger charge is 2.13. The number of carbonyl (C=O) groups is 2. The lowest BCUT2D eigenvalue weighted by molar-refractivity contribution is -0.151. The summed E-state index contributed by atoms with van der Waals surface area (Å²) in [6, 6.07) is 0. The third kappa shape index (κ3) is 17.8. The molecular weight excluding hydrogens is 340 g/mol. The van der Waals surface area contributed by atoms with Crippen LogP contribution in [0, 0.1) is 0 Å². The molecule has 0 unspecified atom stereocenters. The van der Waals surface area contributed by atoms with Gasteiger partial charge in [0.1, 0.15) is 0 Å². The topological polar surface area (TPSA) is 52.6 Å². The van der Waals surface area contributed by atoms with E-state index in [9.17, 15) is 9.59 Å². The Morgan fingerprint density at radius 1 is 0.667 bits per heavy atom. The van der Waals surface area contributed by atoms with Gasteiger partial charge in [0.2, 0.25) is 5.76 Å². The number of esters is 2. The maximum Gasteiger partial charge on any atom is 0.373 e. The number of ether oxygens (including phenoxy) is 2. The molecule has 0 amide bonds. The molecule has 4 nitrogen and oxygen atoms in total. The zero-order valence-corrected chi connectivity index (χ0v) is 17.9. The van der Waals surface area contributed by atoms with Crippen molar-refractivity contribution in [1.82, 2.24) is 0 Å². The molecule has 4 heteroatoms. The van der Waals surface area contributed by atoms with Crippen LogP contribution in [0.1, 0.15) is 117 Å². The van der Waals surface area contributed by atoms with Crippen molar-refractivity contribution in [2.24, 2.45) is 0 Å². The van der Waals surface area contributed by atoms with Crippen LogP contribution < -0.4 is 0 Å². The highest BCUT2D eigenvalue weighted by Crippen LogP contribution is 2.14. The van der Waals surface area contributed by atoms with Gasteiger partial charge in [-0.05, 0) is 19.9 Å². The van der Waals surface area contributed by atoms with Crippen molar-refractivity contribution >= 4 is 11.9 Å². The van der Waals surface area contributed by atoms with Gasteiger partial charge in [-0.2, -0.15) is 0 Å². The molecular formula is C23H42O4. The first kappa shape index (κ1) is 25.7. The predicted octanol–water partition coefficient (Wildman–Crippen LogP) is 6.87. The maximum atomic E-state index is 11.6. The number of hydrogen-bond acceptors (Lipinski definition) is 4. The van der Waals surface area contributed by atoms with Gasteiger partial charge in [-0.1, -0.05) is 96.8 Å². The Bertz CT molecular complexity index is 390. The van der Waals surface area contributed by atoms with Crippen molar-refractivity contribution < 1.29 is 19.1 Å². The second-order valence-corrected chi connectivity index (χ2v) is 7.32. The Morgan fingerprint density at radius 3 is 1.48 bits per heavy atom. The maximum absolute atomic E-state index is 11.6. The molecule has 0 saturated heterocycles. The van der Waals surface area contributed by atoms with Crippen LogP contribution in [0.3, 0.4) is 0 Å². The molecule has 0 aromatic heterocycles. The van der Waals surface area contributed by atoms with E-state index in [4.69, 9.17) is 9.47 Å². The fraction of sp³-hybridized carbons (Fsp3) is 0.826. The SMILES string of the molecule is C=C(OC(=O)CCCCCCCCCCCCCCCCC)C(=O)OCC. The molecule has 0 fully saturated rings. The van der Waals surface area contributed by atoms with E-state index in [0.29, 0.717) is 6.42 Å². The summed E-state index contributed by atoms with van der Waals surface area (Å²) in [5.41, 5.74) is 0. The van der Waals surface area contributed by atoms with Gasteiger partial charge in [-0.3, -0.25) is 4.79 Å². The van der Waals surface area contributed by atoms with E-state index in [0.717, 1.165) is 19.3 Å². The smallest absolute Gasteiger partial charge is 0.373 e. The van der Waals surface area contributed by atoms with Gasteiger partial charge in [0.15, 0.2) is 0 Å². The van der Waals surface area contributed by atoms with Gasteiger partial charge in [-0.15, -0.1) is 0 Å². The van der Waals surface area contributed by atoms with Crippen LogP contribution in [0.4, 0.5) is 0 Å². The summed E-state index contributed by atoms with van der Waals surface area (Å²) >= 11 is 0. The van der Waals surface area contributed by atoms with E-state index in [1.807, 2.05) is 0 Å². The van der Waals surface area contributed by atoms with Crippen LogP contribution in [0.15, 0.2) is 12.3 Å².